The Morgan fingerprint density at radius 3 is 1.17 bits per heavy atom. The molecule has 0 aliphatic carbocycles. The predicted octanol–water partition coefficient (Wildman–Crippen LogP) is -7.19. The maximum atomic E-state index is 10.6. The molecule has 0 saturated heterocycles. The third-order valence-corrected chi connectivity index (χ3v) is 3.95. The minimum absolute atomic E-state index is 0. The number of rotatable bonds is 7. The van der Waals surface area contributed by atoms with Crippen LogP contribution in [0.3, 0.4) is 0 Å². The Balaban J connectivity index is -0.00000112. The fourth-order valence-corrected chi connectivity index (χ4v) is 2.35. The molecule has 0 bridgehead atoms. The largest absolute Gasteiger partial charge is 1.00 e. The zero-order chi connectivity index (χ0) is 13.0. The standard InChI is InChI=1S/C6H14O8S2.2Na/c1-13-5(15(7,8)9)3-4-6(14-2)16(10,11)12;;/h5-6H,3-4H2,1-2H3,(H,7,8,9)(H,10,11,12);;/q;2*+1/p-2. The van der Waals surface area contributed by atoms with Crippen molar-refractivity contribution in [2.24, 2.45) is 0 Å². The van der Waals surface area contributed by atoms with Gasteiger partial charge in [0.15, 0.2) is 0 Å². The molecule has 2 atom stereocenters. The van der Waals surface area contributed by atoms with E-state index in [-0.39, 0.29) is 59.1 Å². The molecule has 0 fully saturated rings. The average molecular weight is 322 g/mol. The molecule has 18 heavy (non-hydrogen) atoms. The minimum atomic E-state index is -4.69. The first-order valence-electron chi connectivity index (χ1n) is 4.08. The molecule has 0 radical (unpaired) electrons. The molecule has 12 heteroatoms. The maximum absolute atomic E-state index is 10.6. The molecule has 0 rings (SSSR count). The van der Waals surface area contributed by atoms with Crippen LogP contribution in [-0.2, 0) is 29.7 Å². The smallest absolute Gasteiger partial charge is 0.746 e. The van der Waals surface area contributed by atoms with Gasteiger partial charge in [0.05, 0.1) is 0 Å². The van der Waals surface area contributed by atoms with E-state index in [1.807, 2.05) is 0 Å². The second kappa shape index (κ2) is 10.5. The van der Waals surface area contributed by atoms with Gasteiger partial charge in [-0.1, -0.05) is 0 Å². The van der Waals surface area contributed by atoms with E-state index in [1.165, 1.54) is 0 Å². The van der Waals surface area contributed by atoms with Crippen LogP contribution in [-0.4, -0.2) is 51.0 Å². The van der Waals surface area contributed by atoms with Crippen LogP contribution in [0.25, 0.3) is 0 Å². The fourth-order valence-electron chi connectivity index (χ4n) is 1.03. The van der Waals surface area contributed by atoms with E-state index >= 15 is 0 Å². The van der Waals surface area contributed by atoms with Crippen molar-refractivity contribution < 1.29 is 94.5 Å². The van der Waals surface area contributed by atoms with E-state index in [4.69, 9.17) is 0 Å². The van der Waals surface area contributed by atoms with E-state index < -0.39 is 43.9 Å². The minimum Gasteiger partial charge on any atom is -0.746 e. The second-order valence-corrected chi connectivity index (χ2v) is 5.92. The summed E-state index contributed by atoms with van der Waals surface area (Å²) >= 11 is 0. The number of methoxy groups -OCH3 is 2. The zero-order valence-electron chi connectivity index (χ0n) is 10.7. The Labute approximate surface area is 151 Å². The Kier molecular flexibility index (Phi) is 14.4. The van der Waals surface area contributed by atoms with Crippen molar-refractivity contribution in [1.82, 2.24) is 0 Å². The van der Waals surface area contributed by atoms with Crippen LogP contribution < -0.4 is 59.1 Å². The molecule has 0 amide bonds. The van der Waals surface area contributed by atoms with Crippen molar-refractivity contribution in [3.05, 3.63) is 0 Å². The quantitative estimate of drug-likeness (QED) is 0.333. The Hall–Kier alpha value is 1.74. The van der Waals surface area contributed by atoms with Gasteiger partial charge >= 0.3 is 59.1 Å². The van der Waals surface area contributed by atoms with E-state index in [9.17, 15) is 25.9 Å². The van der Waals surface area contributed by atoms with Crippen molar-refractivity contribution in [3.63, 3.8) is 0 Å². The van der Waals surface area contributed by atoms with Gasteiger partial charge in [-0.25, -0.2) is 16.8 Å². The first kappa shape index (κ1) is 24.7. The molecular weight excluding hydrogens is 310 g/mol. The average Bonchev–Trinajstić information content (AvgIpc) is 2.08. The van der Waals surface area contributed by atoms with Gasteiger partial charge in [0, 0.05) is 14.2 Å². The van der Waals surface area contributed by atoms with Gasteiger partial charge in [-0.05, 0) is 12.8 Å². The van der Waals surface area contributed by atoms with Gasteiger partial charge in [-0.3, -0.25) is 0 Å². The van der Waals surface area contributed by atoms with Crippen molar-refractivity contribution in [3.8, 4) is 0 Å². The third-order valence-electron chi connectivity index (χ3n) is 1.81. The summed E-state index contributed by atoms with van der Waals surface area (Å²) in [5, 5.41) is 0. The second-order valence-electron chi connectivity index (χ2n) is 2.89. The van der Waals surface area contributed by atoms with Crippen molar-refractivity contribution in [2.75, 3.05) is 14.2 Å². The van der Waals surface area contributed by atoms with Gasteiger partial charge < -0.3 is 18.6 Å². The number of hydrogen-bond acceptors (Lipinski definition) is 8. The molecule has 0 N–H and O–H groups in total. The van der Waals surface area contributed by atoms with Crippen LogP contribution in [0.15, 0.2) is 0 Å². The van der Waals surface area contributed by atoms with E-state index in [0.29, 0.717) is 0 Å². The Morgan fingerprint density at radius 1 is 0.833 bits per heavy atom. The van der Waals surface area contributed by atoms with Crippen LogP contribution in [0.1, 0.15) is 12.8 Å². The molecule has 8 nitrogen and oxygen atoms in total. The first-order valence-corrected chi connectivity index (χ1v) is 7.02. The summed E-state index contributed by atoms with van der Waals surface area (Å²) in [4.78, 5) is 0. The summed E-state index contributed by atoms with van der Waals surface area (Å²) < 4.78 is 72.1. The summed E-state index contributed by atoms with van der Waals surface area (Å²) in [6.45, 7) is 0. The molecule has 0 aromatic carbocycles. The maximum Gasteiger partial charge on any atom is 1.00 e. The fraction of sp³-hybridized carbons (Fsp3) is 1.00. The van der Waals surface area contributed by atoms with Gasteiger partial charge in [0.25, 0.3) is 0 Å². The monoisotopic (exact) mass is 322 g/mol. The van der Waals surface area contributed by atoms with Gasteiger partial charge in [0.1, 0.15) is 31.1 Å². The van der Waals surface area contributed by atoms with Gasteiger partial charge in [-0.15, -0.1) is 0 Å². The molecule has 0 aliphatic heterocycles. The molecule has 0 aliphatic rings. The van der Waals surface area contributed by atoms with E-state index in [1.54, 1.807) is 0 Å². The van der Waals surface area contributed by atoms with Crippen LogP contribution in [0, 0.1) is 0 Å². The molecular formula is C6H12Na2O8S2. The van der Waals surface area contributed by atoms with Crippen molar-refractivity contribution in [1.29, 1.82) is 0 Å². The summed E-state index contributed by atoms with van der Waals surface area (Å²) in [7, 11) is -7.39. The van der Waals surface area contributed by atoms with Crippen LogP contribution in [0.2, 0.25) is 0 Å². The predicted molar refractivity (Wildman–Crippen MR) is 50.2 cm³/mol. The van der Waals surface area contributed by atoms with Gasteiger partial charge in [0.2, 0.25) is 0 Å². The molecule has 0 spiro atoms. The first-order chi connectivity index (χ1) is 7.12. The van der Waals surface area contributed by atoms with E-state index in [0.717, 1.165) is 14.2 Å². The SMILES string of the molecule is COC(CCC(OC)S(=O)(=O)[O-])S(=O)(=O)[O-].[Na+].[Na+]. The van der Waals surface area contributed by atoms with Crippen LogP contribution >= 0.6 is 0 Å². The molecule has 0 aromatic rings. The number of ether oxygens (including phenoxy) is 2. The zero-order valence-corrected chi connectivity index (χ0v) is 16.3. The van der Waals surface area contributed by atoms with Crippen LogP contribution in [0.5, 0.6) is 0 Å². The topological polar surface area (TPSA) is 133 Å². The molecule has 0 heterocycles. The molecule has 0 saturated carbocycles. The summed E-state index contributed by atoms with van der Waals surface area (Å²) in [5.41, 5.74) is -3.38. The van der Waals surface area contributed by atoms with Crippen LogP contribution in [0.4, 0.5) is 0 Å². The Bertz CT molecular complexity index is 365. The summed E-state index contributed by atoms with van der Waals surface area (Å²) in [6, 6.07) is 0. The Morgan fingerprint density at radius 2 is 1.06 bits per heavy atom. The van der Waals surface area contributed by atoms with Crippen molar-refractivity contribution >= 4 is 20.2 Å². The number of hydrogen-bond donors (Lipinski definition) is 0. The summed E-state index contributed by atoms with van der Waals surface area (Å²) in [5.74, 6) is 0. The van der Waals surface area contributed by atoms with Gasteiger partial charge in [-0.2, -0.15) is 0 Å². The molecule has 98 valence electrons. The molecule has 2 unspecified atom stereocenters. The van der Waals surface area contributed by atoms with E-state index in [2.05, 4.69) is 9.47 Å². The normalized spacial score (nSPS) is 15.1. The third kappa shape index (κ3) is 9.61. The summed E-state index contributed by atoms with van der Waals surface area (Å²) in [6.07, 6.45) is -0.857. The van der Waals surface area contributed by atoms with Crippen molar-refractivity contribution in [2.45, 2.75) is 23.7 Å². The molecule has 0 aromatic heterocycles.